The number of hydrogen-bond donors (Lipinski definition) is 1. The topological polar surface area (TPSA) is 60.5 Å². The maximum Gasteiger partial charge on any atom is 0.255 e. The van der Waals surface area contributed by atoms with E-state index >= 15 is 0 Å². The van der Waals surface area contributed by atoms with Crippen LogP contribution in [0.5, 0.6) is 11.5 Å². The molecule has 1 aromatic carbocycles. The van der Waals surface area contributed by atoms with Gasteiger partial charge in [0.2, 0.25) is 0 Å². The number of halogens is 2. The van der Waals surface area contributed by atoms with E-state index in [2.05, 4.69) is 19.5 Å². The molecule has 1 N–H and O–H groups in total. The molecule has 1 aliphatic carbocycles. The van der Waals surface area contributed by atoms with Crippen LogP contribution < -0.4 is 14.8 Å². The lowest BCUT2D eigenvalue weighted by Crippen LogP contribution is -2.14. The van der Waals surface area contributed by atoms with Crippen molar-refractivity contribution in [2.75, 3.05) is 11.9 Å². The molecule has 0 saturated heterocycles. The fourth-order valence-corrected chi connectivity index (χ4v) is 2.87. The Morgan fingerprint density at radius 2 is 2.00 bits per heavy atom. The molecular weight excluding hydrogens is 394 g/mol. The van der Waals surface area contributed by atoms with Crippen molar-refractivity contribution in [3.63, 3.8) is 0 Å². The summed E-state index contributed by atoms with van der Waals surface area (Å²) in [4.78, 5) is 16.5. The molecule has 0 radical (unpaired) electrons. The van der Waals surface area contributed by atoms with Crippen LogP contribution in [0.1, 0.15) is 30.1 Å². The van der Waals surface area contributed by atoms with Crippen LogP contribution >= 0.6 is 32.4 Å². The highest BCUT2D eigenvalue weighted by Crippen LogP contribution is 2.35. The number of hydrogen-bond acceptors (Lipinski definition) is 4. The molecule has 8 heteroatoms. The van der Waals surface area contributed by atoms with E-state index in [0.29, 0.717) is 35.3 Å². The maximum atomic E-state index is 12.6. The molecule has 3 rings (SSSR count). The first-order valence-electron chi connectivity index (χ1n) is 8.23. The fraction of sp³-hybridized carbons (Fsp3) is 0.333. The van der Waals surface area contributed by atoms with E-state index in [4.69, 9.17) is 32.7 Å². The van der Waals surface area contributed by atoms with Crippen LogP contribution in [-0.4, -0.2) is 23.3 Å². The quantitative estimate of drug-likeness (QED) is 0.647. The number of ether oxygens (including phenoxy) is 2. The highest BCUT2D eigenvalue weighted by atomic mass is 35.5. The number of anilines is 1. The Hall–Kier alpha value is -1.55. The molecular formula is C18H19Cl2N2O3P. The second-order valence-corrected chi connectivity index (χ2v) is 7.92. The number of nitrogens with zero attached hydrogens (tertiary/aromatic N) is 1. The van der Waals surface area contributed by atoms with Crippen molar-refractivity contribution in [3.8, 4) is 11.5 Å². The van der Waals surface area contributed by atoms with Crippen LogP contribution in [0.25, 0.3) is 0 Å². The number of aromatic nitrogens is 1. The lowest BCUT2D eigenvalue weighted by atomic mass is 10.2. The van der Waals surface area contributed by atoms with Gasteiger partial charge in [-0.1, -0.05) is 32.4 Å². The van der Waals surface area contributed by atoms with Gasteiger partial charge in [0.15, 0.2) is 11.5 Å². The smallest absolute Gasteiger partial charge is 0.255 e. The third-order valence-electron chi connectivity index (χ3n) is 3.78. The Bertz CT molecular complexity index is 793. The van der Waals surface area contributed by atoms with Crippen molar-refractivity contribution in [1.82, 2.24) is 4.98 Å². The van der Waals surface area contributed by atoms with Crippen molar-refractivity contribution in [3.05, 3.63) is 46.2 Å². The highest BCUT2D eigenvalue weighted by Gasteiger charge is 2.23. The maximum absolute atomic E-state index is 12.6. The summed E-state index contributed by atoms with van der Waals surface area (Å²) in [7, 11) is 2.57. The van der Waals surface area contributed by atoms with Crippen LogP contribution in [0.15, 0.2) is 30.6 Å². The van der Waals surface area contributed by atoms with Gasteiger partial charge in [0.05, 0.1) is 22.3 Å². The molecule has 1 aliphatic rings. The molecule has 0 spiro atoms. The van der Waals surface area contributed by atoms with Gasteiger partial charge in [-0.2, -0.15) is 0 Å². The minimum Gasteiger partial charge on any atom is -0.489 e. The van der Waals surface area contributed by atoms with Gasteiger partial charge < -0.3 is 14.8 Å². The summed E-state index contributed by atoms with van der Waals surface area (Å²) in [6, 6.07) is 5.07. The first-order chi connectivity index (χ1) is 12.4. The molecule has 1 fully saturated rings. The number of carbonyl (C=O) groups excluding carboxylic acids is 1. The Kier molecular flexibility index (Phi) is 6.23. The molecule has 5 nitrogen and oxygen atoms in total. The number of carbonyl (C=O) groups is 1. The van der Waals surface area contributed by atoms with Crippen LogP contribution in [0, 0.1) is 5.92 Å². The van der Waals surface area contributed by atoms with Gasteiger partial charge in [0, 0.05) is 18.0 Å². The molecule has 1 heterocycles. The first-order valence-corrected chi connectivity index (χ1v) is 9.65. The number of pyridine rings is 1. The lowest BCUT2D eigenvalue weighted by Gasteiger charge is -2.16. The van der Waals surface area contributed by atoms with Crippen molar-refractivity contribution in [2.45, 2.75) is 25.6 Å². The predicted octanol–water partition coefficient (Wildman–Crippen LogP) is 5.03. The van der Waals surface area contributed by atoms with Crippen LogP contribution in [0.3, 0.4) is 0 Å². The van der Waals surface area contributed by atoms with Gasteiger partial charge in [-0.15, -0.1) is 0 Å². The summed E-state index contributed by atoms with van der Waals surface area (Å²) < 4.78 is 11.6. The Morgan fingerprint density at radius 3 is 2.62 bits per heavy atom. The van der Waals surface area contributed by atoms with Gasteiger partial charge in [0.1, 0.15) is 5.85 Å². The van der Waals surface area contributed by atoms with Gasteiger partial charge in [-0.3, -0.25) is 9.78 Å². The second-order valence-electron chi connectivity index (χ2n) is 6.17. The normalized spacial score (nSPS) is 14.6. The number of amides is 1. The molecule has 1 saturated carbocycles. The molecule has 1 aromatic heterocycles. The molecule has 2 atom stereocenters. The van der Waals surface area contributed by atoms with Crippen LogP contribution in [0.2, 0.25) is 10.0 Å². The van der Waals surface area contributed by atoms with Crippen molar-refractivity contribution in [2.24, 2.45) is 5.92 Å². The third kappa shape index (κ3) is 5.00. The van der Waals surface area contributed by atoms with Crippen molar-refractivity contribution >= 4 is 44.0 Å². The largest absolute Gasteiger partial charge is 0.489 e. The molecule has 138 valence electrons. The van der Waals surface area contributed by atoms with Crippen molar-refractivity contribution < 1.29 is 14.3 Å². The zero-order valence-corrected chi connectivity index (χ0v) is 16.8. The van der Waals surface area contributed by atoms with E-state index in [0.717, 1.165) is 0 Å². The SMILES string of the molecule is CC(P)Oc1ccc(C(=O)Nc2c(Cl)cncc2Cl)cc1OCC1CC1. The van der Waals surface area contributed by atoms with E-state index < -0.39 is 0 Å². The lowest BCUT2D eigenvalue weighted by molar-refractivity contribution is 0.102. The van der Waals surface area contributed by atoms with Crippen LogP contribution in [-0.2, 0) is 0 Å². The minimum absolute atomic E-state index is 0.0765. The molecule has 2 aromatic rings. The third-order valence-corrected chi connectivity index (χ3v) is 4.49. The van der Waals surface area contributed by atoms with Gasteiger partial charge in [-0.05, 0) is 43.9 Å². The van der Waals surface area contributed by atoms with E-state index in [1.54, 1.807) is 18.2 Å². The predicted molar refractivity (Wildman–Crippen MR) is 107 cm³/mol. The molecule has 0 aliphatic heterocycles. The first kappa shape index (κ1) is 19.2. The Labute approximate surface area is 164 Å². The Balaban J connectivity index is 1.81. The number of rotatable bonds is 7. The zero-order chi connectivity index (χ0) is 18.7. The summed E-state index contributed by atoms with van der Waals surface area (Å²) >= 11 is 12.1. The summed E-state index contributed by atoms with van der Waals surface area (Å²) in [5.41, 5.74) is 0.746. The van der Waals surface area contributed by atoms with E-state index in [9.17, 15) is 4.79 Å². The summed E-state index contributed by atoms with van der Waals surface area (Å²) in [5.74, 6) is 1.31. The summed E-state index contributed by atoms with van der Waals surface area (Å²) in [6.45, 7) is 2.53. The summed E-state index contributed by atoms with van der Waals surface area (Å²) in [5, 5.41) is 3.26. The second kappa shape index (κ2) is 8.43. The molecule has 2 unspecified atom stereocenters. The zero-order valence-electron chi connectivity index (χ0n) is 14.2. The van der Waals surface area contributed by atoms with Gasteiger partial charge in [0.25, 0.3) is 5.91 Å². The minimum atomic E-state index is -0.346. The summed E-state index contributed by atoms with van der Waals surface area (Å²) in [6.07, 6.45) is 5.19. The van der Waals surface area contributed by atoms with Crippen molar-refractivity contribution in [1.29, 1.82) is 0 Å². The van der Waals surface area contributed by atoms with E-state index in [-0.39, 0.29) is 21.8 Å². The molecule has 1 amide bonds. The standard InChI is InChI=1S/C18H19Cl2N2O3P/c1-10(26)25-15-5-4-12(6-16(15)24-9-11-2-3-11)18(23)22-17-13(19)7-21-8-14(17)20/h4-8,10-11H,2-3,9,26H2,1H3,(H,21,22,23). The monoisotopic (exact) mass is 412 g/mol. The fourth-order valence-electron chi connectivity index (χ4n) is 2.27. The van der Waals surface area contributed by atoms with E-state index in [1.807, 2.05) is 6.92 Å². The van der Waals surface area contributed by atoms with Crippen LogP contribution in [0.4, 0.5) is 5.69 Å². The average Bonchev–Trinajstić information content (AvgIpc) is 3.41. The number of benzene rings is 1. The van der Waals surface area contributed by atoms with Gasteiger partial charge >= 0.3 is 0 Å². The number of nitrogens with one attached hydrogen (secondary N) is 1. The van der Waals surface area contributed by atoms with E-state index in [1.165, 1.54) is 25.2 Å². The molecule has 26 heavy (non-hydrogen) atoms. The molecule has 0 bridgehead atoms. The average molecular weight is 413 g/mol. The Morgan fingerprint density at radius 1 is 1.31 bits per heavy atom. The van der Waals surface area contributed by atoms with Gasteiger partial charge in [-0.25, -0.2) is 0 Å². The highest BCUT2D eigenvalue weighted by molar-refractivity contribution is 7.17.